The molecule has 1 aromatic carbocycles. The highest BCUT2D eigenvalue weighted by Crippen LogP contribution is 2.79. The SMILES string of the molecule is COP1(OC)=NP(OC)(OC)=NP(OC)(Oc2ccc(C)cc2)=N1. The van der Waals surface area contributed by atoms with Crippen molar-refractivity contribution in [3.63, 3.8) is 0 Å². The minimum Gasteiger partial charge on any atom is -0.422 e. The highest BCUT2D eigenvalue weighted by molar-refractivity contribution is 7.78. The Bertz CT molecular complexity index is 721. The van der Waals surface area contributed by atoms with E-state index < -0.39 is 23.0 Å². The van der Waals surface area contributed by atoms with Crippen molar-refractivity contribution in [1.82, 2.24) is 0 Å². The largest absolute Gasteiger partial charge is 0.422 e. The molecule has 1 aliphatic rings. The van der Waals surface area contributed by atoms with Gasteiger partial charge in [-0.25, -0.2) is 0 Å². The van der Waals surface area contributed by atoms with E-state index in [-0.39, 0.29) is 0 Å². The Morgan fingerprint density at radius 2 is 1.00 bits per heavy atom. The second-order valence-corrected chi connectivity index (χ2v) is 11.7. The minimum atomic E-state index is -3.16. The van der Waals surface area contributed by atoms with E-state index in [9.17, 15) is 0 Å². The molecule has 136 valence electrons. The predicted octanol–water partition coefficient (Wildman–Crippen LogP) is 5.46. The molecule has 1 unspecified atom stereocenters. The Balaban J connectivity index is 2.65. The number of hydrogen-bond acceptors (Lipinski definition) is 9. The molecule has 2 rings (SSSR count). The first-order valence-electron chi connectivity index (χ1n) is 6.86. The van der Waals surface area contributed by atoms with Crippen LogP contribution in [0.15, 0.2) is 37.8 Å². The van der Waals surface area contributed by atoms with Gasteiger partial charge in [0.2, 0.25) is 0 Å². The zero-order valence-corrected chi connectivity index (χ0v) is 17.1. The molecule has 0 amide bonds. The van der Waals surface area contributed by atoms with Gasteiger partial charge in [0.15, 0.2) is 0 Å². The molecular formula is C12H22N3O6P3. The Labute approximate surface area is 142 Å². The molecule has 9 nitrogen and oxygen atoms in total. The Morgan fingerprint density at radius 3 is 1.42 bits per heavy atom. The van der Waals surface area contributed by atoms with Gasteiger partial charge < -0.3 is 27.1 Å². The Hall–Kier alpha value is -0.490. The number of nitrogens with zero attached hydrogens (tertiary/aromatic N) is 3. The van der Waals surface area contributed by atoms with Crippen molar-refractivity contribution in [2.24, 2.45) is 13.5 Å². The summed E-state index contributed by atoms with van der Waals surface area (Å²) in [5, 5.41) is 0. The van der Waals surface area contributed by atoms with Gasteiger partial charge in [0, 0.05) is 35.5 Å². The quantitative estimate of drug-likeness (QED) is 0.568. The molecule has 0 aliphatic carbocycles. The summed E-state index contributed by atoms with van der Waals surface area (Å²) < 4.78 is 46.6. The fourth-order valence-corrected chi connectivity index (χ4v) is 10.6. The zero-order valence-electron chi connectivity index (χ0n) is 14.4. The van der Waals surface area contributed by atoms with Crippen molar-refractivity contribution in [3.8, 4) is 5.75 Å². The summed E-state index contributed by atoms with van der Waals surface area (Å²) in [4.78, 5) is 0. The van der Waals surface area contributed by atoms with E-state index >= 15 is 0 Å². The monoisotopic (exact) mass is 397 g/mol. The third-order valence-electron chi connectivity index (χ3n) is 3.11. The third kappa shape index (κ3) is 4.01. The molecule has 0 fully saturated rings. The van der Waals surface area contributed by atoms with E-state index in [2.05, 4.69) is 13.5 Å². The minimum absolute atomic E-state index is 0.556. The number of aryl methyl sites for hydroxylation is 1. The lowest BCUT2D eigenvalue weighted by molar-refractivity contribution is 0.308. The van der Waals surface area contributed by atoms with E-state index in [4.69, 9.17) is 27.1 Å². The molecule has 1 aromatic rings. The maximum absolute atomic E-state index is 6.00. The second-order valence-electron chi connectivity index (χ2n) is 4.56. The molecule has 1 aliphatic heterocycles. The van der Waals surface area contributed by atoms with Crippen LogP contribution in [0.25, 0.3) is 0 Å². The smallest absolute Gasteiger partial charge is 0.402 e. The first-order valence-corrected chi connectivity index (χ1v) is 11.5. The van der Waals surface area contributed by atoms with E-state index in [1.54, 1.807) is 0 Å². The van der Waals surface area contributed by atoms with Crippen molar-refractivity contribution in [2.45, 2.75) is 6.92 Å². The van der Waals surface area contributed by atoms with Crippen LogP contribution in [0, 0.1) is 6.92 Å². The van der Waals surface area contributed by atoms with Crippen LogP contribution in [0.1, 0.15) is 5.56 Å². The molecule has 0 saturated carbocycles. The van der Waals surface area contributed by atoms with Crippen molar-refractivity contribution in [2.75, 3.05) is 35.5 Å². The molecule has 1 atom stereocenters. The molecule has 0 bridgehead atoms. The van der Waals surface area contributed by atoms with Gasteiger partial charge in [-0.05, 0) is 19.1 Å². The van der Waals surface area contributed by atoms with Gasteiger partial charge in [0.05, 0.1) is 0 Å². The van der Waals surface area contributed by atoms with Crippen LogP contribution in [-0.2, 0) is 22.6 Å². The van der Waals surface area contributed by atoms with Crippen molar-refractivity contribution in [1.29, 1.82) is 0 Å². The molecule has 0 N–H and O–H groups in total. The topological polar surface area (TPSA) is 92.5 Å². The molecule has 0 spiro atoms. The molecular weight excluding hydrogens is 375 g/mol. The molecule has 12 heteroatoms. The van der Waals surface area contributed by atoms with Crippen molar-refractivity contribution < 1.29 is 27.1 Å². The van der Waals surface area contributed by atoms with Crippen LogP contribution in [-0.4, -0.2) is 35.5 Å². The summed E-state index contributed by atoms with van der Waals surface area (Å²) in [5.74, 6) is 0.556. The third-order valence-corrected chi connectivity index (χ3v) is 11.4. The Kier molecular flexibility index (Phi) is 6.46. The normalized spacial score (nSPS) is 24.4. The van der Waals surface area contributed by atoms with Crippen LogP contribution < -0.4 is 4.52 Å². The summed E-state index contributed by atoms with van der Waals surface area (Å²) in [5.41, 5.74) is 1.10. The predicted molar refractivity (Wildman–Crippen MR) is 94.9 cm³/mol. The average Bonchev–Trinajstić information content (AvgIpc) is 2.63. The van der Waals surface area contributed by atoms with Gasteiger partial charge in [0.1, 0.15) is 5.75 Å². The first kappa shape index (κ1) is 19.8. The van der Waals surface area contributed by atoms with Crippen LogP contribution in [0.2, 0.25) is 0 Å². The van der Waals surface area contributed by atoms with Gasteiger partial charge in [-0.2, -0.15) is 0 Å². The summed E-state index contributed by atoms with van der Waals surface area (Å²) in [6.07, 6.45) is 0. The fraction of sp³-hybridized carbons (Fsp3) is 0.500. The second kappa shape index (κ2) is 7.81. The summed E-state index contributed by atoms with van der Waals surface area (Å²) in [6, 6.07) is 7.46. The Morgan fingerprint density at radius 1 is 0.625 bits per heavy atom. The van der Waals surface area contributed by atoms with E-state index in [0.29, 0.717) is 5.75 Å². The number of hydrogen-bond donors (Lipinski definition) is 0. The van der Waals surface area contributed by atoms with Crippen LogP contribution in [0.4, 0.5) is 0 Å². The molecule has 0 radical (unpaired) electrons. The molecule has 24 heavy (non-hydrogen) atoms. The molecule has 1 heterocycles. The maximum atomic E-state index is 6.00. The number of rotatable bonds is 7. The van der Waals surface area contributed by atoms with Crippen LogP contribution >= 0.6 is 23.0 Å². The average molecular weight is 397 g/mol. The van der Waals surface area contributed by atoms with Gasteiger partial charge in [-0.3, -0.25) is 0 Å². The summed E-state index contributed by atoms with van der Waals surface area (Å²) >= 11 is 0. The van der Waals surface area contributed by atoms with Crippen LogP contribution in [0.5, 0.6) is 5.75 Å². The zero-order chi connectivity index (χ0) is 17.8. The van der Waals surface area contributed by atoms with E-state index in [1.165, 1.54) is 35.5 Å². The fourth-order valence-electron chi connectivity index (χ4n) is 1.81. The van der Waals surface area contributed by atoms with Crippen LogP contribution in [0.3, 0.4) is 0 Å². The molecule has 0 aromatic heterocycles. The summed E-state index contributed by atoms with van der Waals surface area (Å²) in [6.45, 7) is 1.98. The molecule has 0 saturated heterocycles. The highest BCUT2D eigenvalue weighted by atomic mass is 31.3. The summed E-state index contributed by atoms with van der Waals surface area (Å²) in [7, 11) is -1.98. The van der Waals surface area contributed by atoms with Gasteiger partial charge in [-0.15, -0.1) is 13.5 Å². The maximum Gasteiger partial charge on any atom is 0.402 e. The highest BCUT2D eigenvalue weighted by Gasteiger charge is 2.41. The standard InChI is InChI=1S/C12H22N3O6P3/c1-11-7-9-12(10-8-11)21-24(20-6)14-22(16-2,17-3)13-23(15-24,18-4)19-5/h7-10H,1-6H3. The lowest BCUT2D eigenvalue weighted by atomic mass is 10.2. The first-order chi connectivity index (χ1) is 11.4. The lowest BCUT2D eigenvalue weighted by Crippen LogP contribution is -2.01. The number of benzene rings is 1. The van der Waals surface area contributed by atoms with Gasteiger partial charge >= 0.3 is 23.0 Å². The van der Waals surface area contributed by atoms with Gasteiger partial charge in [0.25, 0.3) is 0 Å². The van der Waals surface area contributed by atoms with Crippen molar-refractivity contribution >= 4 is 23.0 Å². The van der Waals surface area contributed by atoms with Crippen molar-refractivity contribution in [3.05, 3.63) is 29.8 Å². The van der Waals surface area contributed by atoms with E-state index in [0.717, 1.165) is 5.56 Å². The van der Waals surface area contributed by atoms with Gasteiger partial charge in [-0.1, -0.05) is 17.7 Å². The lowest BCUT2D eigenvalue weighted by Gasteiger charge is -2.30. The van der Waals surface area contributed by atoms with E-state index in [1.807, 2.05) is 31.2 Å².